The minimum Gasteiger partial charge on any atom is -0.456 e. The second-order valence-electron chi connectivity index (χ2n) is 13.4. The molecule has 0 bridgehead atoms. The van der Waals surface area contributed by atoms with Crippen LogP contribution < -0.4 is 4.90 Å². The van der Waals surface area contributed by atoms with Crippen molar-refractivity contribution in [1.82, 2.24) is 0 Å². The molecule has 2 aromatic heterocycles. The Hall–Kier alpha value is -7.10. The summed E-state index contributed by atoms with van der Waals surface area (Å²) in [6.07, 6.45) is 0. The van der Waals surface area contributed by atoms with Gasteiger partial charge in [0.05, 0.1) is 16.6 Å². The van der Waals surface area contributed by atoms with E-state index >= 15 is 0 Å². The zero-order valence-electron chi connectivity index (χ0n) is 32.4. The number of fused-ring (bicyclic) bond motifs is 9. The molecule has 0 amide bonds. The molecule has 53 heavy (non-hydrogen) atoms. The van der Waals surface area contributed by atoms with Crippen LogP contribution in [0.5, 0.6) is 0 Å². The van der Waals surface area contributed by atoms with Gasteiger partial charge in [0.25, 0.3) is 0 Å². The summed E-state index contributed by atoms with van der Waals surface area (Å²) in [5.41, 5.74) is 7.47. The standard InChI is InChI=1S/C50H31NO2/c1-2-10-36-30-37(17-16-32(36)8-1)33-18-24-39(25-19-33)51(45-13-7-15-48-49(45)43-28-22-35-9-3-4-11-41(35)50(43)53-48)40-26-20-34(21-27-40)38-23-29-47-44(31-38)42-12-5-6-14-46(42)52-47/h1-31H/i18D,19D,24D,25D. The maximum absolute atomic E-state index is 9.60. The maximum Gasteiger partial charge on any atom is 0.143 e. The van der Waals surface area contributed by atoms with Crippen LogP contribution in [-0.4, -0.2) is 0 Å². The molecule has 0 aliphatic rings. The lowest BCUT2D eigenvalue weighted by atomic mass is 10.00. The zero-order chi connectivity index (χ0) is 38.4. The van der Waals surface area contributed by atoms with Gasteiger partial charge in [-0.15, -0.1) is 0 Å². The van der Waals surface area contributed by atoms with Crippen molar-refractivity contribution in [2.45, 2.75) is 0 Å². The third-order valence-corrected chi connectivity index (χ3v) is 10.3. The summed E-state index contributed by atoms with van der Waals surface area (Å²) >= 11 is 0. The smallest absolute Gasteiger partial charge is 0.143 e. The van der Waals surface area contributed by atoms with Gasteiger partial charge < -0.3 is 13.7 Å². The van der Waals surface area contributed by atoms with Crippen molar-refractivity contribution >= 4 is 82.5 Å². The molecule has 0 atom stereocenters. The van der Waals surface area contributed by atoms with E-state index < -0.39 is 0 Å². The first-order valence-electron chi connectivity index (χ1n) is 19.7. The van der Waals surface area contributed by atoms with Gasteiger partial charge in [-0.25, -0.2) is 0 Å². The summed E-state index contributed by atoms with van der Waals surface area (Å²) in [5, 5.41) is 7.84. The van der Waals surface area contributed by atoms with E-state index in [1.165, 1.54) is 0 Å². The van der Waals surface area contributed by atoms with Gasteiger partial charge in [-0.1, -0.05) is 121 Å². The van der Waals surface area contributed by atoms with E-state index in [-0.39, 0.29) is 35.4 Å². The molecule has 0 saturated heterocycles. The quantitative estimate of drug-likeness (QED) is 0.181. The van der Waals surface area contributed by atoms with Crippen LogP contribution in [0.2, 0.25) is 0 Å². The Morgan fingerprint density at radius 3 is 1.91 bits per heavy atom. The van der Waals surface area contributed by atoms with E-state index in [9.17, 15) is 5.48 Å². The van der Waals surface area contributed by atoms with E-state index in [2.05, 4.69) is 30.3 Å². The van der Waals surface area contributed by atoms with E-state index in [1.807, 2.05) is 138 Å². The van der Waals surface area contributed by atoms with Gasteiger partial charge in [-0.05, 0) is 105 Å². The number of hydrogen-bond acceptors (Lipinski definition) is 3. The molecular formula is C50H31NO2. The molecule has 0 saturated carbocycles. The molecule has 0 spiro atoms. The second kappa shape index (κ2) is 11.7. The van der Waals surface area contributed by atoms with Crippen LogP contribution in [0.3, 0.4) is 0 Å². The SMILES string of the molecule is [2H]c1c([2H])c(N(c2ccc(-c3ccc4oc5ccccc5c4c3)cc2)c2cccc3oc4c5ccccc5ccc4c23)c([2H])c([2H])c1-c1ccc2ccccc2c1. The maximum atomic E-state index is 9.60. The van der Waals surface area contributed by atoms with Crippen LogP contribution in [0.1, 0.15) is 5.48 Å². The van der Waals surface area contributed by atoms with Crippen LogP contribution in [0.25, 0.3) is 87.7 Å². The van der Waals surface area contributed by atoms with Gasteiger partial charge >= 0.3 is 0 Å². The third-order valence-electron chi connectivity index (χ3n) is 10.3. The lowest BCUT2D eigenvalue weighted by Crippen LogP contribution is -2.10. The highest BCUT2D eigenvalue weighted by Gasteiger charge is 2.21. The van der Waals surface area contributed by atoms with E-state index in [4.69, 9.17) is 8.83 Å². The summed E-state index contributed by atoms with van der Waals surface area (Å²) in [7, 11) is 0. The Labute approximate surface area is 311 Å². The average molecular weight is 682 g/mol. The number of hydrogen-bond donors (Lipinski definition) is 0. The Balaban J connectivity index is 1.13. The minimum atomic E-state index is -0.143. The first-order chi connectivity index (χ1) is 27.9. The number of benzene rings is 9. The molecule has 248 valence electrons. The highest BCUT2D eigenvalue weighted by Crippen LogP contribution is 2.45. The highest BCUT2D eigenvalue weighted by atomic mass is 16.3. The normalized spacial score (nSPS) is 12.8. The predicted molar refractivity (Wildman–Crippen MR) is 222 cm³/mol. The summed E-state index contributed by atoms with van der Waals surface area (Å²) in [6.45, 7) is 0. The first kappa shape index (κ1) is 25.8. The third kappa shape index (κ3) is 4.82. The number of furan rings is 2. The van der Waals surface area contributed by atoms with Crippen molar-refractivity contribution in [1.29, 1.82) is 0 Å². The van der Waals surface area contributed by atoms with Crippen LogP contribution in [-0.2, 0) is 0 Å². The lowest BCUT2D eigenvalue weighted by molar-refractivity contribution is 0.669. The van der Waals surface area contributed by atoms with E-state index in [1.54, 1.807) is 0 Å². The molecule has 0 unspecified atom stereocenters. The topological polar surface area (TPSA) is 29.5 Å². The Morgan fingerprint density at radius 2 is 1.04 bits per heavy atom. The summed E-state index contributed by atoms with van der Waals surface area (Å²) in [6, 6.07) is 53.5. The van der Waals surface area contributed by atoms with Crippen LogP contribution in [0.15, 0.2) is 197 Å². The Kier molecular flexibility index (Phi) is 5.71. The fraction of sp³-hybridized carbons (Fsp3) is 0. The molecule has 3 heteroatoms. The summed E-state index contributed by atoms with van der Waals surface area (Å²) < 4.78 is 50.7. The van der Waals surface area contributed by atoms with Gasteiger partial charge in [-0.3, -0.25) is 0 Å². The monoisotopic (exact) mass is 681 g/mol. The summed E-state index contributed by atoms with van der Waals surface area (Å²) in [5.74, 6) is 0. The van der Waals surface area contributed by atoms with Gasteiger partial charge in [0, 0.05) is 32.9 Å². The summed E-state index contributed by atoms with van der Waals surface area (Å²) in [4.78, 5) is 1.86. The van der Waals surface area contributed by atoms with Gasteiger partial charge in [0.1, 0.15) is 22.3 Å². The van der Waals surface area contributed by atoms with Gasteiger partial charge in [-0.2, -0.15) is 0 Å². The largest absolute Gasteiger partial charge is 0.456 e. The number of para-hydroxylation sites is 1. The molecule has 0 N–H and O–H groups in total. The molecule has 3 nitrogen and oxygen atoms in total. The molecule has 11 aromatic rings. The molecule has 11 rings (SSSR count). The van der Waals surface area contributed by atoms with Crippen LogP contribution in [0, 0.1) is 0 Å². The Bertz CT molecular complexity index is 3390. The fourth-order valence-corrected chi connectivity index (χ4v) is 7.73. The molecule has 0 fully saturated rings. The Morgan fingerprint density at radius 1 is 0.377 bits per heavy atom. The van der Waals surface area contributed by atoms with Crippen molar-refractivity contribution in [2.24, 2.45) is 0 Å². The number of rotatable bonds is 5. The molecule has 0 radical (unpaired) electrons. The van der Waals surface area contributed by atoms with Crippen molar-refractivity contribution in [3.8, 4) is 22.3 Å². The zero-order valence-corrected chi connectivity index (χ0v) is 28.4. The van der Waals surface area contributed by atoms with E-state index in [0.29, 0.717) is 22.5 Å². The van der Waals surface area contributed by atoms with Gasteiger partial charge in [0.2, 0.25) is 0 Å². The first-order valence-corrected chi connectivity index (χ1v) is 17.7. The van der Waals surface area contributed by atoms with Crippen molar-refractivity contribution in [3.05, 3.63) is 188 Å². The fourth-order valence-electron chi connectivity index (χ4n) is 7.73. The van der Waals surface area contributed by atoms with Crippen molar-refractivity contribution in [2.75, 3.05) is 4.90 Å². The highest BCUT2D eigenvalue weighted by molar-refractivity contribution is 6.19. The van der Waals surface area contributed by atoms with Crippen LogP contribution in [0.4, 0.5) is 17.1 Å². The van der Waals surface area contributed by atoms with Crippen LogP contribution >= 0.6 is 0 Å². The van der Waals surface area contributed by atoms with Crippen molar-refractivity contribution in [3.63, 3.8) is 0 Å². The minimum absolute atomic E-state index is 0.112. The average Bonchev–Trinajstić information content (AvgIpc) is 3.83. The van der Waals surface area contributed by atoms with Gasteiger partial charge in [0.15, 0.2) is 0 Å². The molecular weight excluding hydrogens is 647 g/mol. The number of anilines is 3. The lowest BCUT2D eigenvalue weighted by Gasteiger charge is -2.26. The van der Waals surface area contributed by atoms with E-state index in [0.717, 1.165) is 71.0 Å². The van der Waals surface area contributed by atoms with Crippen molar-refractivity contribution < 1.29 is 14.3 Å². The second-order valence-corrected chi connectivity index (χ2v) is 13.4. The predicted octanol–water partition coefficient (Wildman–Crippen LogP) is 14.6. The molecule has 0 aliphatic carbocycles. The molecule has 0 aliphatic heterocycles. The molecule has 2 heterocycles. The molecule has 9 aromatic carbocycles. The number of nitrogens with zero attached hydrogens (tertiary/aromatic N) is 1.